The second-order valence-corrected chi connectivity index (χ2v) is 0. The fraction of sp³-hybridized carbons (Fsp3) is 0. The van der Waals surface area contributed by atoms with E-state index in [1.54, 1.807) is 0 Å². The molecule has 0 aromatic rings. The van der Waals surface area contributed by atoms with Crippen LogP contribution in [0.1, 0.15) is 0 Å². The molecule has 0 rings (SSSR count). The van der Waals surface area contributed by atoms with Crippen molar-refractivity contribution in [2.24, 2.45) is 0 Å². The van der Waals surface area contributed by atoms with Crippen molar-refractivity contribution in [1.29, 1.82) is 0 Å². The van der Waals surface area contributed by atoms with Crippen molar-refractivity contribution >= 4 is 11.0 Å². The third-order valence-corrected chi connectivity index (χ3v) is 0. The van der Waals surface area contributed by atoms with Crippen molar-refractivity contribution in [3.8, 4) is 0 Å². The maximum Gasteiger partial charge on any atom is 4.00 e. The summed E-state index contributed by atoms with van der Waals surface area (Å²) in [6, 6.07) is 0. The summed E-state index contributed by atoms with van der Waals surface area (Å²) >= 11 is 0. The number of rotatable bonds is 0. The molecule has 0 aliphatic rings. The van der Waals surface area contributed by atoms with E-state index in [1.165, 1.54) is 0 Å². The first-order valence-electron chi connectivity index (χ1n) is 0. The van der Waals surface area contributed by atoms with E-state index in [4.69, 9.17) is 0 Å². The van der Waals surface area contributed by atoms with Crippen LogP contribution in [-0.4, -0.2) is 11.0 Å². The van der Waals surface area contributed by atoms with Gasteiger partial charge in [-0.25, -0.2) is 0 Å². The molecular weight excluding hydrogens is 112 g/mol. The quantitative estimate of drug-likeness (QED) is 0.375. The molecule has 0 aromatic heterocycles. The minimum atomic E-state index is 0. The Hall–Kier alpha value is 0.669. The molecule has 0 unspecified atom stereocenters. The average Bonchev–Trinajstić information content (AvgIpc) is 0. The van der Waals surface area contributed by atoms with E-state index in [1.807, 2.05) is 0 Å². The van der Waals surface area contributed by atoms with Crippen LogP contribution in [0.25, 0.3) is 0 Å². The Morgan fingerprint density at radius 1 is 0.750 bits per heavy atom. The van der Waals surface area contributed by atoms with Crippen molar-refractivity contribution in [1.82, 2.24) is 0 Å². The molecule has 0 bridgehead atoms. The van der Waals surface area contributed by atoms with Gasteiger partial charge in [0.25, 0.3) is 0 Å². The second-order valence-electron chi connectivity index (χ2n) is 0. The average molecular weight is 112 g/mol. The molecule has 22 valence electrons. The molecular formula is CrO2Si. The fourth-order valence-corrected chi connectivity index (χ4v) is 0. The van der Waals surface area contributed by atoms with E-state index in [0.29, 0.717) is 0 Å². The maximum absolute atomic E-state index is 0. The Kier molecular flexibility index (Phi) is 2050. The van der Waals surface area contributed by atoms with Gasteiger partial charge in [-0.1, -0.05) is 0 Å². The van der Waals surface area contributed by atoms with Crippen LogP contribution in [0.5, 0.6) is 0 Å². The molecule has 4 heteroatoms. The minimum Gasteiger partial charge on any atom is -2.00 e. The molecule has 0 spiro atoms. The van der Waals surface area contributed by atoms with Crippen LogP contribution in [0.2, 0.25) is 0 Å². The van der Waals surface area contributed by atoms with Gasteiger partial charge in [-0.15, -0.1) is 0 Å². The van der Waals surface area contributed by atoms with Crippen LogP contribution in [-0.2, 0) is 28.3 Å². The normalized spacial score (nSPS) is 0. The van der Waals surface area contributed by atoms with E-state index in [0.717, 1.165) is 0 Å². The van der Waals surface area contributed by atoms with Gasteiger partial charge in [0.15, 0.2) is 0 Å². The predicted octanol–water partition coefficient (Wildman–Crippen LogP) is -0.621. The molecule has 2 nitrogen and oxygen atoms in total. The van der Waals surface area contributed by atoms with E-state index >= 15 is 0 Å². The first kappa shape index (κ1) is 140. The van der Waals surface area contributed by atoms with Crippen molar-refractivity contribution in [2.75, 3.05) is 0 Å². The Balaban J connectivity index is 0. The Morgan fingerprint density at radius 2 is 0.750 bits per heavy atom. The molecule has 0 amide bonds. The fourth-order valence-electron chi connectivity index (χ4n) is 0. The molecule has 0 aromatic carbocycles. The molecule has 0 aliphatic carbocycles. The van der Waals surface area contributed by atoms with Gasteiger partial charge in [0, 0.05) is 11.0 Å². The summed E-state index contributed by atoms with van der Waals surface area (Å²) < 4.78 is 0. The molecule has 4 heavy (non-hydrogen) atoms. The molecule has 0 heterocycles. The zero-order valence-corrected chi connectivity index (χ0v) is 4.00. The number of hydrogen-bond donors (Lipinski definition) is 0. The van der Waals surface area contributed by atoms with Crippen LogP contribution in [0.15, 0.2) is 0 Å². The van der Waals surface area contributed by atoms with Gasteiger partial charge in [0.2, 0.25) is 0 Å². The first-order valence-corrected chi connectivity index (χ1v) is 0. The SMILES string of the molecule is [Cr+4].[O-2].[O-2].[Si]. The van der Waals surface area contributed by atoms with Gasteiger partial charge in [0.1, 0.15) is 0 Å². The van der Waals surface area contributed by atoms with Gasteiger partial charge >= 0.3 is 17.4 Å². The van der Waals surface area contributed by atoms with Crippen molar-refractivity contribution in [3.63, 3.8) is 0 Å². The van der Waals surface area contributed by atoms with E-state index < -0.39 is 0 Å². The minimum absolute atomic E-state index is 0. The smallest absolute Gasteiger partial charge is 2.00 e. The predicted molar refractivity (Wildman–Crippen MR) is 7.13 cm³/mol. The van der Waals surface area contributed by atoms with Crippen LogP contribution >= 0.6 is 0 Å². The van der Waals surface area contributed by atoms with Gasteiger partial charge in [-0.3, -0.25) is 0 Å². The van der Waals surface area contributed by atoms with Gasteiger partial charge in [-0.05, 0) is 0 Å². The second kappa shape index (κ2) is 58.4. The Morgan fingerprint density at radius 3 is 0.750 bits per heavy atom. The van der Waals surface area contributed by atoms with Crippen LogP contribution in [0, 0.1) is 0 Å². The van der Waals surface area contributed by atoms with Gasteiger partial charge < -0.3 is 11.0 Å². The molecule has 0 aliphatic heterocycles. The number of hydrogen-bond acceptors (Lipinski definition) is 0. The largest absolute Gasteiger partial charge is 4.00 e. The third-order valence-electron chi connectivity index (χ3n) is 0. The first-order chi connectivity index (χ1) is 0. The summed E-state index contributed by atoms with van der Waals surface area (Å²) in [4.78, 5) is 0. The summed E-state index contributed by atoms with van der Waals surface area (Å²) in [5.74, 6) is 0. The summed E-state index contributed by atoms with van der Waals surface area (Å²) in [5.41, 5.74) is 0. The maximum atomic E-state index is 0. The molecule has 0 saturated carbocycles. The van der Waals surface area contributed by atoms with Gasteiger partial charge in [-0.2, -0.15) is 0 Å². The van der Waals surface area contributed by atoms with Crippen molar-refractivity contribution < 1.29 is 28.3 Å². The van der Waals surface area contributed by atoms with Gasteiger partial charge in [0.05, 0.1) is 0 Å². The monoisotopic (exact) mass is 112 g/mol. The molecule has 0 N–H and O–H groups in total. The molecule has 0 atom stereocenters. The summed E-state index contributed by atoms with van der Waals surface area (Å²) in [5, 5.41) is 0. The van der Waals surface area contributed by atoms with Crippen LogP contribution in [0.3, 0.4) is 0 Å². The van der Waals surface area contributed by atoms with E-state index in [9.17, 15) is 0 Å². The zero-order chi connectivity index (χ0) is 0. The summed E-state index contributed by atoms with van der Waals surface area (Å²) in [6.07, 6.45) is 0. The van der Waals surface area contributed by atoms with Crippen LogP contribution < -0.4 is 0 Å². The van der Waals surface area contributed by atoms with Crippen molar-refractivity contribution in [2.45, 2.75) is 0 Å². The summed E-state index contributed by atoms with van der Waals surface area (Å²) in [7, 11) is 0. The molecule has 4 radical (unpaired) electrons. The zero-order valence-electron chi connectivity index (χ0n) is 1.72. The molecule has 0 saturated heterocycles. The topological polar surface area (TPSA) is 57.0 Å². The summed E-state index contributed by atoms with van der Waals surface area (Å²) in [6.45, 7) is 0. The van der Waals surface area contributed by atoms with Crippen LogP contribution in [0.4, 0.5) is 0 Å². The third kappa shape index (κ3) is 16.6. The Bertz CT molecular complexity index is 6.00. The standard InChI is InChI=1S/Cr.2O.Si/q+4;2*-2;. The Labute approximate surface area is 40.0 Å². The van der Waals surface area contributed by atoms with E-state index in [-0.39, 0.29) is 39.3 Å². The molecule has 0 fully saturated rings. The van der Waals surface area contributed by atoms with E-state index in [2.05, 4.69) is 0 Å². The van der Waals surface area contributed by atoms with Crippen molar-refractivity contribution in [3.05, 3.63) is 0 Å².